The van der Waals surface area contributed by atoms with Crippen LogP contribution in [0.4, 0.5) is 5.69 Å². The Hall–Kier alpha value is -4.58. The van der Waals surface area contributed by atoms with Crippen molar-refractivity contribution >= 4 is 17.8 Å². The lowest BCUT2D eigenvalue weighted by Gasteiger charge is -2.14. The largest absolute Gasteiger partial charge is 0.485 e. The molecule has 0 atom stereocenters. The number of carbonyl (C=O) groups excluding carboxylic acids is 1. The number of rotatable bonds is 11. The van der Waals surface area contributed by atoms with Crippen molar-refractivity contribution in [3.05, 3.63) is 126 Å². The Balaban J connectivity index is 1.39. The fraction of sp³-hybridized carbons (Fsp3) is 0.103. The molecule has 0 bridgehead atoms. The lowest BCUT2D eigenvalue weighted by Crippen LogP contribution is -2.25. The van der Waals surface area contributed by atoms with Crippen molar-refractivity contribution in [2.24, 2.45) is 5.10 Å². The van der Waals surface area contributed by atoms with E-state index in [-0.39, 0.29) is 12.5 Å². The third-order valence-corrected chi connectivity index (χ3v) is 5.07. The second-order valence-electron chi connectivity index (χ2n) is 7.77. The second kappa shape index (κ2) is 12.6. The molecule has 4 aromatic rings. The van der Waals surface area contributed by atoms with Crippen molar-refractivity contribution in [1.82, 2.24) is 5.43 Å². The number of amides is 1. The van der Waals surface area contributed by atoms with Crippen molar-refractivity contribution in [3.63, 3.8) is 0 Å². The summed E-state index contributed by atoms with van der Waals surface area (Å²) in [7, 11) is 0. The Bertz CT molecular complexity index is 1230. The van der Waals surface area contributed by atoms with Gasteiger partial charge in [0, 0.05) is 5.69 Å². The van der Waals surface area contributed by atoms with Crippen LogP contribution in [0.5, 0.6) is 11.5 Å². The van der Waals surface area contributed by atoms with Crippen LogP contribution in [0.2, 0.25) is 0 Å². The van der Waals surface area contributed by atoms with Crippen molar-refractivity contribution in [2.45, 2.75) is 13.2 Å². The van der Waals surface area contributed by atoms with Crippen LogP contribution in [-0.4, -0.2) is 18.7 Å². The third kappa shape index (κ3) is 7.75. The Morgan fingerprint density at radius 1 is 0.714 bits per heavy atom. The Morgan fingerprint density at radius 3 is 1.91 bits per heavy atom. The monoisotopic (exact) mass is 465 g/mol. The summed E-state index contributed by atoms with van der Waals surface area (Å²) in [6.07, 6.45) is 1.58. The summed E-state index contributed by atoms with van der Waals surface area (Å²) < 4.78 is 12.1. The summed E-state index contributed by atoms with van der Waals surface area (Å²) in [4.78, 5) is 12.1. The van der Waals surface area contributed by atoms with Crippen LogP contribution in [0.25, 0.3) is 0 Å². The van der Waals surface area contributed by atoms with E-state index >= 15 is 0 Å². The van der Waals surface area contributed by atoms with Gasteiger partial charge in [0.2, 0.25) is 0 Å². The van der Waals surface area contributed by atoms with Gasteiger partial charge in [-0.3, -0.25) is 4.79 Å². The molecule has 0 aliphatic carbocycles. The summed E-state index contributed by atoms with van der Waals surface area (Å²) in [5.41, 5.74) is 6.31. The normalized spacial score (nSPS) is 10.6. The number of hydrogen-bond acceptors (Lipinski definition) is 5. The first-order valence-corrected chi connectivity index (χ1v) is 11.3. The van der Waals surface area contributed by atoms with Crippen LogP contribution in [0.15, 0.2) is 114 Å². The smallest absolute Gasteiger partial charge is 0.259 e. The molecule has 2 N–H and O–H groups in total. The van der Waals surface area contributed by atoms with Crippen molar-refractivity contribution in [1.29, 1.82) is 0 Å². The molecule has 6 heteroatoms. The van der Waals surface area contributed by atoms with Gasteiger partial charge >= 0.3 is 0 Å². The number of hydrogen-bond donors (Lipinski definition) is 2. The molecule has 0 saturated carbocycles. The predicted octanol–water partition coefficient (Wildman–Crippen LogP) is 5.41. The first-order valence-electron chi connectivity index (χ1n) is 11.3. The summed E-state index contributed by atoms with van der Waals surface area (Å²) in [6, 6.07) is 35.0. The lowest BCUT2D eigenvalue weighted by atomic mass is 10.2. The van der Waals surface area contributed by atoms with Gasteiger partial charge in [0.05, 0.1) is 12.8 Å². The van der Waals surface area contributed by atoms with E-state index in [1.165, 1.54) is 0 Å². The number of para-hydroxylation sites is 1. The molecule has 6 nitrogen and oxygen atoms in total. The highest BCUT2D eigenvalue weighted by atomic mass is 16.5. The van der Waals surface area contributed by atoms with Crippen LogP contribution < -0.4 is 20.2 Å². The first kappa shape index (κ1) is 23.6. The van der Waals surface area contributed by atoms with Crippen LogP contribution in [0.1, 0.15) is 16.7 Å². The number of carbonyl (C=O) groups is 1. The van der Waals surface area contributed by atoms with E-state index in [0.29, 0.717) is 24.7 Å². The molecular formula is C29H27N3O3. The molecule has 0 fully saturated rings. The van der Waals surface area contributed by atoms with E-state index in [0.717, 1.165) is 22.4 Å². The van der Waals surface area contributed by atoms with Crippen molar-refractivity contribution in [2.75, 3.05) is 11.9 Å². The highest BCUT2D eigenvalue weighted by molar-refractivity contribution is 5.84. The minimum absolute atomic E-state index is 0.124. The quantitative estimate of drug-likeness (QED) is 0.230. The molecule has 4 aromatic carbocycles. The molecule has 0 aliphatic rings. The van der Waals surface area contributed by atoms with Crippen LogP contribution in [-0.2, 0) is 18.0 Å². The topological polar surface area (TPSA) is 72.0 Å². The maximum Gasteiger partial charge on any atom is 0.259 e. The maximum absolute atomic E-state index is 12.1. The molecule has 0 unspecified atom stereocenters. The average Bonchev–Trinajstić information content (AvgIpc) is 2.92. The molecule has 0 aliphatic heterocycles. The molecule has 0 heterocycles. The minimum atomic E-state index is -0.242. The molecule has 35 heavy (non-hydrogen) atoms. The highest BCUT2D eigenvalue weighted by Crippen LogP contribution is 2.29. The van der Waals surface area contributed by atoms with Gasteiger partial charge in [-0.1, -0.05) is 78.9 Å². The standard InChI is InChI=1S/C29H27N3O3/c33-29(20-30-26-14-8-3-9-15-26)32-31-19-25-16-17-27(34-21-23-10-4-1-5-11-23)28(18-25)35-22-24-12-6-2-7-13-24/h1-19,30H,20-22H2,(H,32,33). The highest BCUT2D eigenvalue weighted by Gasteiger charge is 2.08. The van der Waals surface area contributed by atoms with E-state index in [2.05, 4.69) is 15.8 Å². The van der Waals surface area contributed by atoms with E-state index in [1.54, 1.807) is 6.21 Å². The van der Waals surface area contributed by atoms with Gasteiger partial charge in [-0.05, 0) is 47.0 Å². The van der Waals surface area contributed by atoms with Gasteiger partial charge < -0.3 is 14.8 Å². The van der Waals surface area contributed by atoms with Crippen molar-refractivity contribution < 1.29 is 14.3 Å². The first-order chi connectivity index (χ1) is 17.3. The van der Waals surface area contributed by atoms with Crippen LogP contribution in [0, 0.1) is 0 Å². The second-order valence-corrected chi connectivity index (χ2v) is 7.77. The fourth-order valence-electron chi connectivity index (χ4n) is 3.26. The third-order valence-electron chi connectivity index (χ3n) is 5.07. The average molecular weight is 466 g/mol. The van der Waals surface area contributed by atoms with E-state index in [9.17, 15) is 4.79 Å². The van der Waals surface area contributed by atoms with Crippen molar-refractivity contribution in [3.8, 4) is 11.5 Å². The maximum atomic E-state index is 12.1. The van der Waals surface area contributed by atoms with Gasteiger partial charge in [-0.2, -0.15) is 5.10 Å². The number of anilines is 1. The molecular weight excluding hydrogens is 438 g/mol. The van der Waals surface area contributed by atoms with Gasteiger partial charge in [0.1, 0.15) is 13.2 Å². The summed E-state index contributed by atoms with van der Waals surface area (Å²) in [5, 5.41) is 7.12. The minimum Gasteiger partial charge on any atom is -0.485 e. The van der Waals surface area contributed by atoms with Gasteiger partial charge in [-0.25, -0.2) is 5.43 Å². The zero-order valence-electron chi connectivity index (χ0n) is 19.3. The predicted molar refractivity (Wildman–Crippen MR) is 139 cm³/mol. The Labute approximate surface area is 205 Å². The lowest BCUT2D eigenvalue weighted by molar-refractivity contribution is -0.119. The number of nitrogens with zero attached hydrogens (tertiary/aromatic N) is 1. The van der Waals surface area contributed by atoms with E-state index in [1.807, 2.05) is 109 Å². The molecule has 0 aromatic heterocycles. The number of nitrogens with one attached hydrogen (secondary N) is 2. The van der Waals surface area contributed by atoms with Gasteiger partial charge in [-0.15, -0.1) is 0 Å². The molecule has 176 valence electrons. The SMILES string of the molecule is O=C(CNc1ccccc1)NN=Cc1ccc(OCc2ccccc2)c(OCc2ccccc2)c1. The Morgan fingerprint density at radius 2 is 1.29 bits per heavy atom. The van der Waals surface area contributed by atoms with Gasteiger partial charge in [0.15, 0.2) is 11.5 Å². The molecule has 0 saturated heterocycles. The molecule has 0 spiro atoms. The van der Waals surface area contributed by atoms with Crippen LogP contribution >= 0.6 is 0 Å². The van der Waals surface area contributed by atoms with Gasteiger partial charge in [0.25, 0.3) is 5.91 Å². The number of ether oxygens (including phenoxy) is 2. The molecule has 1 amide bonds. The van der Waals surface area contributed by atoms with Crippen LogP contribution in [0.3, 0.4) is 0 Å². The molecule has 0 radical (unpaired) electrons. The molecule has 4 rings (SSSR count). The van der Waals surface area contributed by atoms with E-state index in [4.69, 9.17) is 9.47 Å². The summed E-state index contributed by atoms with van der Waals surface area (Å²) in [6.45, 7) is 0.963. The fourth-order valence-corrected chi connectivity index (χ4v) is 3.26. The number of hydrazone groups is 1. The zero-order valence-corrected chi connectivity index (χ0v) is 19.3. The number of benzene rings is 4. The van der Waals surface area contributed by atoms with E-state index < -0.39 is 0 Å². The summed E-state index contributed by atoms with van der Waals surface area (Å²) in [5.74, 6) is 0.998. The summed E-state index contributed by atoms with van der Waals surface area (Å²) >= 11 is 0. The zero-order chi connectivity index (χ0) is 24.1. The Kier molecular flexibility index (Phi) is 8.49.